The van der Waals surface area contributed by atoms with E-state index in [1.165, 1.54) is 0 Å². The number of hydrogen-bond donors (Lipinski definition) is 0. The van der Waals surface area contributed by atoms with Crippen LogP contribution in [0.2, 0.25) is 0 Å². The molecule has 2 heteroatoms. The molecule has 0 aromatic carbocycles. The minimum absolute atomic E-state index is 0.395. The molecule has 11 heavy (non-hydrogen) atoms. The summed E-state index contributed by atoms with van der Waals surface area (Å²) in [5.41, 5.74) is 0. The average molecular weight is 156 g/mol. The number of allylic oxidation sites excluding steroid dienone is 1. The average Bonchev–Trinajstić information content (AvgIpc) is 2.07. The number of rotatable bonds is 3. The first-order valence-electron chi connectivity index (χ1n) is 4.28. The standard InChI is InChI=1S/C9H16O2/c1-2-3-4-5-9-6-7-10-8-11-9/h3-4,9H,2,5-8H2,1H3. The lowest BCUT2D eigenvalue weighted by Gasteiger charge is -2.21. The summed E-state index contributed by atoms with van der Waals surface area (Å²) in [5.74, 6) is 0. The van der Waals surface area contributed by atoms with E-state index < -0.39 is 0 Å². The second-order valence-corrected chi connectivity index (χ2v) is 2.72. The molecule has 64 valence electrons. The Labute approximate surface area is 68.2 Å². The van der Waals surface area contributed by atoms with Crippen molar-refractivity contribution in [3.63, 3.8) is 0 Å². The van der Waals surface area contributed by atoms with Gasteiger partial charge in [-0.3, -0.25) is 0 Å². The van der Waals surface area contributed by atoms with E-state index >= 15 is 0 Å². The quantitative estimate of drug-likeness (QED) is 0.582. The highest BCUT2D eigenvalue weighted by atomic mass is 16.7. The third-order valence-electron chi connectivity index (χ3n) is 1.77. The van der Waals surface area contributed by atoms with E-state index in [-0.39, 0.29) is 0 Å². The van der Waals surface area contributed by atoms with Gasteiger partial charge < -0.3 is 9.47 Å². The number of ether oxygens (including phenoxy) is 2. The maximum absolute atomic E-state index is 5.35. The van der Waals surface area contributed by atoms with Crippen LogP contribution in [-0.4, -0.2) is 19.5 Å². The summed E-state index contributed by atoms with van der Waals surface area (Å²) >= 11 is 0. The predicted octanol–water partition coefficient (Wildman–Crippen LogP) is 2.11. The lowest BCUT2D eigenvalue weighted by atomic mass is 10.1. The van der Waals surface area contributed by atoms with Crippen LogP contribution in [0, 0.1) is 0 Å². The maximum Gasteiger partial charge on any atom is 0.147 e. The zero-order valence-corrected chi connectivity index (χ0v) is 7.08. The molecule has 0 aromatic rings. The van der Waals surface area contributed by atoms with Crippen LogP contribution < -0.4 is 0 Å². The fourth-order valence-corrected chi connectivity index (χ4v) is 1.10. The Kier molecular flexibility index (Phi) is 4.24. The molecule has 0 N–H and O–H groups in total. The van der Waals surface area contributed by atoms with Crippen LogP contribution in [0.3, 0.4) is 0 Å². The zero-order valence-electron chi connectivity index (χ0n) is 7.08. The van der Waals surface area contributed by atoms with Gasteiger partial charge in [0.15, 0.2) is 0 Å². The summed E-state index contributed by atoms with van der Waals surface area (Å²) in [4.78, 5) is 0. The van der Waals surface area contributed by atoms with Crippen LogP contribution in [-0.2, 0) is 9.47 Å². The number of hydrogen-bond acceptors (Lipinski definition) is 2. The molecule has 0 saturated carbocycles. The molecule has 1 fully saturated rings. The van der Waals surface area contributed by atoms with Crippen molar-refractivity contribution in [2.75, 3.05) is 13.4 Å². The minimum atomic E-state index is 0.395. The Morgan fingerprint density at radius 2 is 2.36 bits per heavy atom. The predicted molar refractivity (Wildman–Crippen MR) is 44.4 cm³/mol. The second kappa shape index (κ2) is 5.33. The van der Waals surface area contributed by atoms with Crippen molar-refractivity contribution in [2.45, 2.75) is 32.3 Å². The van der Waals surface area contributed by atoms with Crippen molar-refractivity contribution < 1.29 is 9.47 Å². The van der Waals surface area contributed by atoms with E-state index in [4.69, 9.17) is 9.47 Å². The molecule has 1 aliphatic rings. The van der Waals surface area contributed by atoms with E-state index in [1.807, 2.05) is 0 Å². The van der Waals surface area contributed by atoms with Gasteiger partial charge >= 0.3 is 0 Å². The Morgan fingerprint density at radius 1 is 1.45 bits per heavy atom. The molecule has 1 aliphatic heterocycles. The molecular formula is C9H16O2. The van der Waals surface area contributed by atoms with Gasteiger partial charge in [-0.25, -0.2) is 0 Å². The maximum atomic E-state index is 5.35. The molecule has 1 unspecified atom stereocenters. The van der Waals surface area contributed by atoms with Crippen LogP contribution in [0.5, 0.6) is 0 Å². The molecule has 1 heterocycles. The summed E-state index contributed by atoms with van der Waals surface area (Å²) in [7, 11) is 0. The van der Waals surface area contributed by atoms with Crippen molar-refractivity contribution in [3.8, 4) is 0 Å². The molecule has 1 atom stereocenters. The summed E-state index contributed by atoms with van der Waals surface area (Å²) in [6, 6.07) is 0. The fourth-order valence-electron chi connectivity index (χ4n) is 1.10. The molecular weight excluding hydrogens is 140 g/mol. The van der Waals surface area contributed by atoms with Crippen molar-refractivity contribution in [1.82, 2.24) is 0 Å². The van der Waals surface area contributed by atoms with Gasteiger partial charge in [0.05, 0.1) is 12.7 Å². The zero-order chi connectivity index (χ0) is 7.94. The van der Waals surface area contributed by atoms with Crippen LogP contribution in [0.15, 0.2) is 12.2 Å². The first-order chi connectivity index (χ1) is 5.43. The van der Waals surface area contributed by atoms with Crippen LogP contribution >= 0.6 is 0 Å². The largest absolute Gasteiger partial charge is 0.355 e. The van der Waals surface area contributed by atoms with Gasteiger partial charge in [-0.2, -0.15) is 0 Å². The van der Waals surface area contributed by atoms with Gasteiger partial charge in [-0.15, -0.1) is 0 Å². The van der Waals surface area contributed by atoms with Gasteiger partial charge in [0, 0.05) is 0 Å². The highest BCUT2D eigenvalue weighted by Gasteiger charge is 2.11. The molecule has 0 aliphatic carbocycles. The Bertz CT molecular complexity index is 115. The van der Waals surface area contributed by atoms with Gasteiger partial charge in [-0.05, 0) is 19.3 Å². The van der Waals surface area contributed by atoms with E-state index in [0.717, 1.165) is 25.9 Å². The van der Waals surface area contributed by atoms with E-state index in [9.17, 15) is 0 Å². The molecule has 1 rings (SSSR count). The third-order valence-corrected chi connectivity index (χ3v) is 1.77. The lowest BCUT2D eigenvalue weighted by molar-refractivity contribution is -0.137. The van der Waals surface area contributed by atoms with Crippen molar-refractivity contribution in [1.29, 1.82) is 0 Å². The Balaban J connectivity index is 2.09. The molecule has 0 spiro atoms. The second-order valence-electron chi connectivity index (χ2n) is 2.72. The van der Waals surface area contributed by atoms with Crippen molar-refractivity contribution in [3.05, 3.63) is 12.2 Å². The summed E-state index contributed by atoms with van der Waals surface area (Å²) in [6.45, 7) is 3.47. The highest BCUT2D eigenvalue weighted by Crippen LogP contribution is 2.10. The van der Waals surface area contributed by atoms with Gasteiger partial charge in [0.25, 0.3) is 0 Å². The van der Waals surface area contributed by atoms with E-state index in [2.05, 4.69) is 19.1 Å². The molecule has 0 amide bonds. The topological polar surface area (TPSA) is 18.5 Å². The highest BCUT2D eigenvalue weighted by molar-refractivity contribution is 4.83. The first kappa shape index (κ1) is 8.75. The lowest BCUT2D eigenvalue weighted by Crippen LogP contribution is -2.22. The molecule has 2 nitrogen and oxygen atoms in total. The minimum Gasteiger partial charge on any atom is -0.355 e. The van der Waals surface area contributed by atoms with Crippen molar-refractivity contribution in [2.24, 2.45) is 0 Å². The first-order valence-corrected chi connectivity index (χ1v) is 4.28. The Morgan fingerprint density at radius 3 is 3.00 bits per heavy atom. The van der Waals surface area contributed by atoms with Gasteiger partial charge in [-0.1, -0.05) is 19.1 Å². The third kappa shape index (κ3) is 3.54. The molecule has 1 saturated heterocycles. The normalized spacial score (nSPS) is 26.1. The monoisotopic (exact) mass is 156 g/mol. The smallest absolute Gasteiger partial charge is 0.147 e. The summed E-state index contributed by atoms with van der Waals surface area (Å²) in [6.07, 6.45) is 7.95. The van der Waals surface area contributed by atoms with E-state index in [1.54, 1.807) is 0 Å². The summed E-state index contributed by atoms with van der Waals surface area (Å²) < 4.78 is 10.4. The molecule has 0 aromatic heterocycles. The van der Waals surface area contributed by atoms with E-state index in [0.29, 0.717) is 12.9 Å². The van der Waals surface area contributed by atoms with Gasteiger partial charge in [0.2, 0.25) is 0 Å². The van der Waals surface area contributed by atoms with Crippen LogP contribution in [0.25, 0.3) is 0 Å². The molecule has 0 radical (unpaired) electrons. The van der Waals surface area contributed by atoms with Crippen molar-refractivity contribution >= 4 is 0 Å². The fraction of sp³-hybridized carbons (Fsp3) is 0.778. The van der Waals surface area contributed by atoms with Gasteiger partial charge in [0.1, 0.15) is 6.79 Å². The SMILES string of the molecule is CCC=CCC1CCOCO1. The molecule has 0 bridgehead atoms. The summed E-state index contributed by atoms with van der Waals surface area (Å²) in [5, 5.41) is 0. The van der Waals surface area contributed by atoms with Crippen LogP contribution in [0.1, 0.15) is 26.2 Å². The Hall–Kier alpha value is -0.340. The van der Waals surface area contributed by atoms with Crippen LogP contribution in [0.4, 0.5) is 0 Å².